The van der Waals surface area contributed by atoms with Crippen LogP contribution in [0, 0.1) is 46.3 Å². The molecule has 4 aliphatic rings. The van der Waals surface area contributed by atoms with Gasteiger partial charge in [0, 0.05) is 18.8 Å². The Kier molecular flexibility index (Phi) is 9.55. The SMILES string of the molecule is C[C@H](CCC(=O)OCc1ccccc1)[C@H]1CC[C@H]2[C@H]3[C@H](CC[C@]12C)[C@@]1(C)CC[C@H](O)CC1C[C@@]3(O)OC(=O)OCc1ccccc1. The van der Waals surface area contributed by atoms with Crippen LogP contribution < -0.4 is 0 Å². The van der Waals surface area contributed by atoms with E-state index in [0.717, 1.165) is 56.1 Å². The summed E-state index contributed by atoms with van der Waals surface area (Å²) in [5.74, 6) is -0.892. The van der Waals surface area contributed by atoms with Gasteiger partial charge in [0.05, 0.1) is 6.10 Å². The Morgan fingerprint density at radius 1 is 0.848 bits per heavy atom. The van der Waals surface area contributed by atoms with Gasteiger partial charge in [-0.15, -0.1) is 0 Å². The second-order valence-electron chi connectivity index (χ2n) is 15.4. The summed E-state index contributed by atoms with van der Waals surface area (Å²) < 4.78 is 17.2. The van der Waals surface area contributed by atoms with E-state index in [1.54, 1.807) is 0 Å². The van der Waals surface area contributed by atoms with Crippen LogP contribution in [-0.4, -0.2) is 34.2 Å². The first kappa shape index (κ1) is 33.0. The summed E-state index contributed by atoms with van der Waals surface area (Å²) in [6.07, 6.45) is 6.53. The average Bonchev–Trinajstić information content (AvgIpc) is 3.40. The Labute approximate surface area is 274 Å². The molecule has 46 heavy (non-hydrogen) atoms. The van der Waals surface area contributed by atoms with Crippen molar-refractivity contribution in [2.45, 2.75) is 110 Å². The van der Waals surface area contributed by atoms with Crippen molar-refractivity contribution < 1.29 is 34.0 Å². The van der Waals surface area contributed by atoms with Crippen LogP contribution in [0.5, 0.6) is 0 Å². The molecule has 1 unspecified atom stereocenters. The molecule has 0 spiro atoms. The number of hydrogen-bond donors (Lipinski definition) is 2. The first-order chi connectivity index (χ1) is 22.0. The molecule has 0 aliphatic heterocycles. The zero-order chi connectivity index (χ0) is 32.5. The van der Waals surface area contributed by atoms with E-state index in [1.165, 1.54) is 0 Å². The Balaban J connectivity index is 1.17. The molecule has 6 rings (SSSR count). The first-order valence-electron chi connectivity index (χ1n) is 17.5. The molecule has 0 amide bonds. The van der Waals surface area contributed by atoms with Gasteiger partial charge in [-0.1, -0.05) is 81.4 Å². The van der Waals surface area contributed by atoms with Crippen molar-refractivity contribution in [1.29, 1.82) is 0 Å². The topological polar surface area (TPSA) is 102 Å². The monoisotopic (exact) mass is 632 g/mol. The van der Waals surface area contributed by atoms with Crippen molar-refractivity contribution in [2.75, 3.05) is 0 Å². The maximum absolute atomic E-state index is 13.2. The summed E-state index contributed by atoms with van der Waals surface area (Å²) in [5, 5.41) is 23.2. The molecule has 0 heterocycles. The van der Waals surface area contributed by atoms with Gasteiger partial charge in [-0.25, -0.2) is 4.79 Å². The fourth-order valence-corrected chi connectivity index (χ4v) is 10.5. The van der Waals surface area contributed by atoms with Gasteiger partial charge in [-0.3, -0.25) is 4.79 Å². The van der Waals surface area contributed by atoms with Crippen molar-refractivity contribution in [3.63, 3.8) is 0 Å². The summed E-state index contributed by atoms with van der Waals surface area (Å²) >= 11 is 0. The van der Waals surface area contributed by atoms with Crippen molar-refractivity contribution in [3.05, 3.63) is 71.8 Å². The van der Waals surface area contributed by atoms with Crippen LogP contribution >= 0.6 is 0 Å². The van der Waals surface area contributed by atoms with E-state index in [0.29, 0.717) is 37.7 Å². The van der Waals surface area contributed by atoms with Crippen LogP contribution in [-0.2, 0) is 32.2 Å². The fraction of sp³-hybridized carbons (Fsp3) is 0.641. The smallest absolute Gasteiger partial charge is 0.461 e. The highest BCUT2D eigenvalue weighted by Crippen LogP contribution is 2.70. The zero-order valence-corrected chi connectivity index (χ0v) is 27.7. The number of carbonyl (C=O) groups is 2. The average molecular weight is 633 g/mol. The third kappa shape index (κ3) is 6.47. The number of aliphatic hydroxyl groups is 2. The number of esters is 1. The summed E-state index contributed by atoms with van der Waals surface area (Å²) in [7, 11) is 0. The molecule has 4 fully saturated rings. The second-order valence-corrected chi connectivity index (χ2v) is 15.4. The minimum absolute atomic E-state index is 0.0268. The van der Waals surface area contributed by atoms with E-state index < -0.39 is 18.0 Å². The van der Waals surface area contributed by atoms with Gasteiger partial charge in [0.2, 0.25) is 5.79 Å². The Morgan fingerprint density at radius 3 is 2.13 bits per heavy atom. The highest BCUT2D eigenvalue weighted by atomic mass is 16.8. The third-order valence-corrected chi connectivity index (χ3v) is 12.9. The molecule has 2 aromatic rings. The standard InChI is InChI=1S/C39H52O7/c1-26(14-17-34(41)44-24-27-10-6-4-7-11-27)31-15-16-32-35-33(19-21-38(31,32)3)37(2)20-18-30(40)22-29(37)23-39(35,43)46-36(42)45-25-28-12-8-5-9-13-28/h4-13,26,29-33,35,40,43H,14-25H2,1-3H3/t26-,29?,30+,31-,32+,33+,35+,37+,38-,39-/m1/s1. The zero-order valence-electron chi connectivity index (χ0n) is 27.7. The van der Waals surface area contributed by atoms with Crippen molar-refractivity contribution in [1.82, 2.24) is 0 Å². The number of ether oxygens (including phenoxy) is 3. The van der Waals surface area contributed by atoms with Crippen LogP contribution in [0.25, 0.3) is 0 Å². The number of aliphatic hydroxyl groups excluding tert-OH is 1. The fourth-order valence-electron chi connectivity index (χ4n) is 10.5. The summed E-state index contributed by atoms with van der Waals surface area (Å²) in [6, 6.07) is 19.3. The largest absolute Gasteiger partial charge is 0.511 e. The minimum Gasteiger partial charge on any atom is -0.461 e. The van der Waals surface area contributed by atoms with Gasteiger partial charge >= 0.3 is 12.1 Å². The predicted molar refractivity (Wildman–Crippen MR) is 174 cm³/mol. The normalized spacial score (nSPS) is 37.2. The highest BCUT2D eigenvalue weighted by molar-refractivity contribution is 5.69. The Bertz CT molecular complexity index is 1350. The number of benzene rings is 2. The molecule has 0 radical (unpaired) electrons. The lowest BCUT2D eigenvalue weighted by Crippen LogP contribution is -2.64. The molecular formula is C39H52O7. The quantitative estimate of drug-likeness (QED) is 0.215. The number of carbonyl (C=O) groups excluding carboxylic acids is 2. The van der Waals surface area contributed by atoms with Crippen molar-refractivity contribution >= 4 is 12.1 Å². The second kappa shape index (κ2) is 13.3. The van der Waals surface area contributed by atoms with Gasteiger partial charge in [0.15, 0.2) is 0 Å². The van der Waals surface area contributed by atoms with Crippen LogP contribution in [0.3, 0.4) is 0 Å². The van der Waals surface area contributed by atoms with Crippen LogP contribution in [0.1, 0.15) is 96.1 Å². The van der Waals surface area contributed by atoms with E-state index in [9.17, 15) is 19.8 Å². The maximum atomic E-state index is 13.2. The third-order valence-electron chi connectivity index (χ3n) is 12.9. The molecule has 4 saturated carbocycles. The van der Waals surface area contributed by atoms with E-state index >= 15 is 0 Å². The molecule has 0 aromatic heterocycles. The lowest BCUT2D eigenvalue weighted by Gasteiger charge is -2.64. The Morgan fingerprint density at radius 2 is 1.46 bits per heavy atom. The molecular weight excluding hydrogens is 580 g/mol. The van der Waals surface area contributed by atoms with Gasteiger partial charge < -0.3 is 24.4 Å². The Hall–Kier alpha value is -2.90. The summed E-state index contributed by atoms with van der Waals surface area (Å²) in [6.45, 7) is 7.37. The van der Waals surface area contributed by atoms with E-state index in [1.807, 2.05) is 60.7 Å². The molecule has 250 valence electrons. The van der Waals surface area contributed by atoms with Crippen LogP contribution in [0.4, 0.5) is 4.79 Å². The van der Waals surface area contributed by atoms with Gasteiger partial charge in [-0.2, -0.15) is 0 Å². The van der Waals surface area contributed by atoms with Crippen molar-refractivity contribution in [2.24, 2.45) is 46.3 Å². The molecule has 2 aromatic carbocycles. The molecule has 0 saturated heterocycles. The van der Waals surface area contributed by atoms with Crippen molar-refractivity contribution in [3.8, 4) is 0 Å². The number of rotatable bonds is 9. The van der Waals surface area contributed by atoms with E-state index in [2.05, 4.69) is 20.8 Å². The highest BCUT2D eigenvalue weighted by Gasteiger charge is 2.68. The first-order valence-corrected chi connectivity index (χ1v) is 17.5. The van der Waals surface area contributed by atoms with E-state index in [-0.39, 0.29) is 47.1 Å². The molecule has 7 nitrogen and oxygen atoms in total. The summed E-state index contributed by atoms with van der Waals surface area (Å²) in [5.41, 5.74) is 1.78. The number of hydrogen-bond acceptors (Lipinski definition) is 7. The lowest BCUT2D eigenvalue weighted by atomic mass is 9.43. The van der Waals surface area contributed by atoms with Gasteiger partial charge in [0.1, 0.15) is 13.2 Å². The minimum atomic E-state index is -1.66. The van der Waals surface area contributed by atoms with E-state index in [4.69, 9.17) is 14.2 Å². The van der Waals surface area contributed by atoms with Gasteiger partial charge in [-0.05, 0) is 103 Å². The molecule has 4 aliphatic carbocycles. The van der Waals surface area contributed by atoms with Crippen LogP contribution in [0.2, 0.25) is 0 Å². The molecule has 7 heteroatoms. The van der Waals surface area contributed by atoms with Gasteiger partial charge in [0.25, 0.3) is 0 Å². The molecule has 0 bridgehead atoms. The predicted octanol–water partition coefficient (Wildman–Crippen LogP) is 7.82. The lowest BCUT2D eigenvalue weighted by molar-refractivity contribution is -0.307. The molecule has 2 N–H and O–H groups in total. The van der Waals surface area contributed by atoms with Crippen LogP contribution in [0.15, 0.2) is 60.7 Å². The molecule has 10 atom stereocenters. The summed E-state index contributed by atoms with van der Waals surface area (Å²) in [4.78, 5) is 25.9. The maximum Gasteiger partial charge on any atom is 0.511 e. The number of fused-ring (bicyclic) bond motifs is 5.